The molecule has 0 aromatic carbocycles. The molecule has 0 radical (unpaired) electrons. The number of amides is 1. The molecule has 1 aromatic heterocycles. The Balaban J connectivity index is 2.79. The van der Waals surface area contributed by atoms with Gasteiger partial charge in [-0.05, 0) is 34.6 Å². The molecule has 112 valence electrons. The molecular formula is C14H25N5O. The zero-order chi connectivity index (χ0) is 15.1. The van der Waals surface area contributed by atoms with Gasteiger partial charge in [0.25, 0.3) is 0 Å². The molecule has 1 atom stereocenters. The number of carbonyl (C=O) groups excluding carboxylic acids is 1. The van der Waals surface area contributed by atoms with Crippen molar-refractivity contribution >= 4 is 17.7 Å². The van der Waals surface area contributed by atoms with Crippen LogP contribution in [-0.2, 0) is 4.79 Å². The van der Waals surface area contributed by atoms with Crippen LogP contribution in [0.5, 0.6) is 0 Å². The third kappa shape index (κ3) is 4.36. The van der Waals surface area contributed by atoms with E-state index in [2.05, 4.69) is 20.6 Å². The lowest BCUT2D eigenvalue weighted by Crippen LogP contribution is -2.41. The second-order valence-electron chi connectivity index (χ2n) is 4.63. The molecule has 0 bridgehead atoms. The van der Waals surface area contributed by atoms with Crippen LogP contribution < -0.4 is 10.6 Å². The van der Waals surface area contributed by atoms with E-state index in [0.717, 1.165) is 12.2 Å². The first kappa shape index (κ1) is 16.2. The average Bonchev–Trinajstić information content (AvgIpc) is 2.39. The number of hydrogen-bond donors (Lipinski definition) is 2. The molecule has 1 amide bonds. The summed E-state index contributed by atoms with van der Waals surface area (Å²) in [7, 11) is 0. The molecule has 0 fully saturated rings. The highest BCUT2D eigenvalue weighted by Crippen LogP contribution is 2.11. The normalized spacial score (nSPS) is 11.8. The number of aryl methyl sites for hydroxylation is 1. The van der Waals surface area contributed by atoms with Crippen LogP contribution in [0, 0.1) is 6.92 Å². The molecule has 6 nitrogen and oxygen atoms in total. The molecular weight excluding hydrogens is 254 g/mol. The van der Waals surface area contributed by atoms with Crippen molar-refractivity contribution in [3.05, 3.63) is 11.8 Å². The summed E-state index contributed by atoms with van der Waals surface area (Å²) < 4.78 is 0. The predicted molar refractivity (Wildman–Crippen MR) is 81.9 cm³/mol. The molecule has 0 saturated heterocycles. The largest absolute Gasteiger partial charge is 0.358 e. The lowest BCUT2D eigenvalue weighted by molar-refractivity contribution is -0.131. The minimum atomic E-state index is -0.307. The van der Waals surface area contributed by atoms with Crippen LogP contribution in [-0.4, -0.2) is 46.5 Å². The average molecular weight is 279 g/mol. The van der Waals surface area contributed by atoms with Gasteiger partial charge in [0, 0.05) is 31.4 Å². The van der Waals surface area contributed by atoms with Gasteiger partial charge in [0.2, 0.25) is 11.9 Å². The van der Waals surface area contributed by atoms with Gasteiger partial charge < -0.3 is 15.5 Å². The van der Waals surface area contributed by atoms with Crippen LogP contribution in [0.4, 0.5) is 11.8 Å². The summed E-state index contributed by atoms with van der Waals surface area (Å²) in [6.45, 7) is 11.9. The molecule has 1 heterocycles. The van der Waals surface area contributed by atoms with Crippen LogP contribution in [0.1, 0.15) is 33.4 Å². The van der Waals surface area contributed by atoms with Gasteiger partial charge in [-0.15, -0.1) is 0 Å². The zero-order valence-electron chi connectivity index (χ0n) is 13.0. The number of carbonyl (C=O) groups is 1. The van der Waals surface area contributed by atoms with E-state index in [1.165, 1.54) is 0 Å². The molecule has 0 aliphatic carbocycles. The summed E-state index contributed by atoms with van der Waals surface area (Å²) in [4.78, 5) is 22.7. The highest BCUT2D eigenvalue weighted by Gasteiger charge is 2.18. The van der Waals surface area contributed by atoms with Crippen molar-refractivity contribution in [2.24, 2.45) is 0 Å². The first-order chi connectivity index (χ1) is 9.51. The highest BCUT2D eigenvalue weighted by atomic mass is 16.2. The van der Waals surface area contributed by atoms with E-state index in [1.54, 1.807) is 4.90 Å². The van der Waals surface area contributed by atoms with Gasteiger partial charge in [0.1, 0.15) is 11.9 Å². The molecule has 0 spiro atoms. The van der Waals surface area contributed by atoms with E-state index in [4.69, 9.17) is 0 Å². The highest BCUT2D eigenvalue weighted by molar-refractivity contribution is 5.84. The number of aromatic nitrogens is 2. The maximum atomic E-state index is 12.2. The number of rotatable bonds is 7. The summed E-state index contributed by atoms with van der Waals surface area (Å²) in [6.07, 6.45) is 0. The van der Waals surface area contributed by atoms with Crippen LogP contribution in [0.2, 0.25) is 0 Å². The fraction of sp³-hybridized carbons (Fsp3) is 0.643. The van der Waals surface area contributed by atoms with Gasteiger partial charge in [-0.2, -0.15) is 4.98 Å². The third-order valence-electron chi connectivity index (χ3n) is 3.00. The first-order valence-corrected chi connectivity index (χ1v) is 7.16. The lowest BCUT2D eigenvalue weighted by Gasteiger charge is -2.23. The van der Waals surface area contributed by atoms with Crippen molar-refractivity contribution < 1.29 is 4.79 Å². The topological polar surface area (TPSA) is 70.2 Å². The number of nitrogens with zero attached hydrogens (tertiary/aromatic N) is 3. The summed E-state index contributed by atoms with van der Waals surface area (Å²) >= 11 is 0. The van der Waals surface area contributed by atoms with Crippen LogP contribution in [0.15, 0.2) is 6.07 Å². The summed E-state index contributed by atoms with van der Waals surface area (Å²) in [5, 5.41) is 6.23. The van der Waals surface area contributed by atoms with E-state index in [9.17, 15) is 4.79 Å². The smallest absolute Gasteiger partial charge is 0.244 e. The molecule has 0 aliphatic heterocycles. The Kier molecular flexibility index (Phi) is 6.21. The van der Waals surface area contributed by atoms with E-state index < -0.39 is 0 Å². The van der Waals surface area contributed by atoms with E-state index in [0.29, 0.717) is 24.9 Å². The summed E-state index contributed by atoms with van der Waals surface area (Å²) in [5.74, 6) is 1.33. The Labute approximate surface area is 121 Å². The Hall–Kier alpha value is -1.85. The van der Waals surface area contributed by atoms with Gasteiger partial charge in [0.15, 0.2) is 0 Å². The standard InChI is InChI=1S/C14H25N5O/c1-6-15-14-16-10(4)9-12(18-14)17-11(5)13(20)19(7-2)8-3/h9,11H,6-8H2,1-5H3,(H2,15,16,17,18). The fourth-order valence-electron chi connectivity index (χ4n) is 1.97. The van der Waals surface area contributed by atoms with Crippen molar-refractivity contribution in [1.82, 2.24) is 14.9 Å². The first-order valence-electron chi connectivity index (χ1n) is 7.16. The van der Waals surface area contributed by atoms with E-state index in [-0.39, 0.29) is 11.9 Å². The SMILES string of the molecule is CCNc1nc(C)cc(NC(C)C(=O)N(CC)CC)n1. The van der Waals surface area contributed by atoms with Crippen molar-refractivity contribution in [3.8, 4) is 0 Å². The quantitative estimate of drug-likeness (QED) is 0.797. The van der Waals surface area contributed by atoms with Crippen LogP contribution in [0.25, 0.3) is 0 Å². The molecule has 0 saturated carbocycles. The molecule has 1 unspecified atom stereocenters. The minimum Gasteiger partial charge on any atom is -0.358 e. The summed E-state index contributed by atoms with van der Waals surface area (Å²) in [6, 6.07) is 1.53. The third-order valence-corrected chi connectivity index (χ3v) is 3.00. The number of anilines is 2. The molecule has 6 heteroatoms. The van der Waals surface area contributed by atoms with Gasteiger partial charge in [-0.3, -0.25) is 4.79 Å². The van der Waals surface area contributed by atoms with Crippen molar-refractivity contribution in [1.29, 1.82) is 0 Å². The fourth-order valence-corrected chi connectivity index (χ4v) is 1.97. The Morgan fingerprint density at radius 2 is 1.95 bits per heavy atom. The Morgan fingerprint density at radius 1 is 1.30 bits per heavy atom. The van der Waals surface area contributed by atoms with Gasteiger partial charge in [-0.25, -0.2) is 4.98 Å². The second kappa shape index (κ2) is 7.67. The molecule has 2 N–H and O–H groups in total. The van der Waals surface area contributed by atoms with Crippen LogP contribution in [0.3, 0.4) is 0 Å². The van der Waals surface area contributed by atoms with E-state index >= 15 is 0 Å². The van der Waals surface area contributed by atoms with Gasteiger partial charge >= 0.3 is 0 Å². The molecule has 1 rings (SSSR count). The Bertz CT molecular complexity index is 445. The van der Waals surface area contributed by atoms with Crippen LogP contribution >= 0.6 is 0 Å². The lowest BCUT2D eigenvalue weighted by atomic mass is 10.2. The minimum absolute atomic E-state index is 0.0799. The molecule has 1 aromatic rings. The monoisotopic (exact) mass is 279 g/mol. The number of nitrogens with one attached hydrogen (secondary N) is 2. The maximum absolute atomic E-state index is 12.2. The van der Waals surface area contributed by atoms with Crippen molar-refractivity contribution in [2.75, 3.05) is 30.3 Å². The zero-order valence-corrected chi connectivity index (χ0v) is 13.0. The summed E-state index contributed by atoms with van der Waals surface area (Å²) in [5.41, 5.74) is 0.862. The second-order valence-corrected chi connectivity index (χ2v) is 4.63. The Morgan fingerprint density at radius 3 is 2.50 bits per heavy atom. The van der Waals surface area contributed by atoms with Crippen molar-refractivity contribution in [2.45, 2.75) is 40.7 Å². The van der Waals surface area contributed by atoms with Gasteiger partial charge in [-0.1, -0.05) is 0 Å². The number of hydrogen-bond acceptors (Lipinski definition) is 5. The van der Waals surface area contributed by atoms with Gasteiger partial charge in [0.05, 0.1) is 0 Å². The van der Waals surface area contributed by atoms with E-state index in [1.807, 2.05) is 40.7 Å². The predicted octanol–water partition coefficient (Wildman–Crippen LogP) is 1.89. The number of likely N-dealkylation sites (N-methyl/N-ethyl adjacent to an activating group) is 1. The maximum Gasteiger partial charge on any atom is 0.244 e. The van der Waals surface area contributed by atoms with Crippen molar-refractivity contribution in [3.63, 3.8) is 0 Å². The molecule has 0 aliphatic rings. The molecule has 20 heavy (non-hydrogen) atoms.